The van der Waals surface area contributed by atoms with Gasteiger partial charge in [0.1, 0.15) is 13.2 Å². The van der Waals surface area contributed by atoms with Crippen LogP contribution in [0.4, 0.5) is 17.6 Å². The molecule has 5 rings (SSSR count). The Kier molecular flexibility index (Phi) is 7.36. The molecule has 1 aromatic carbocycles. The highest BCUT2D eigenvalue weighted by molar-refractivity contribution is 7.86. The lowest BCUT2D eigenvalue weighted by Crippen LogP contribution is -2.60. The van der Waals surface area contributed by atoms with Gasteiger partial charge in [0.15, 0.2) is 10.1 Å². The predicted molar refractivity (Wildman–Crippen MR) is 117 cm³/mol. The van der Waals surface area contributed by atoms with Gasteiger partial charge in [-0.3, -0.25) is 4.79 Å². The molecule has 4 bridgehead atoms. The summed E-state index contributed by atoms with van der Waals surface area (Å²) in [5, 5.41) is -5.83. The summed E-state index contributed by atoms with van der Waals surface area (Å²) in [4.78, 5) is 25.3. The summed E-state index contributed by atoms with van der Waals surface area (Å²) in [7, 11) is -6.62. The quantitative estimate of drug-likeness (QED) is 0.232. The van der Waals surface area contributed by atoms with E-state index in [0.717, 1.165) is 12.0 Å². The topological polar surface area (TPSA) is 119 Å². The van der Waals surface area contributed by atoms with E-state index in [-0.39, 0.29) is 31.5 Å². The maximum atomic E-state index is 13.7. The standard InChI is InChI=1S/C24H28F4O8S/c25-23(26,24(27,28)37(31,32)33)6-7-34-20(30)21-9-17-8-18(10-21)12-22(11-17,15-21)36-14-19(29)35-13-16-4-2-1-3-5-16/h1-5,17-18H,6-15H2,(H,31,32,33)/p-1. The van der Waals surface area contributed by atoms with E-state index in [0.29, 0.717) is 25.7 Å². The molecule has 1 aromatic rings. The minimum atomic E-state index is -6.62. The molecule has 0 radical (unpaired) electrons. The van der Waals surface area contributed by atoms with Crippen molar-refractivity contribution in [3.63, 3.8) is 0 Å². The van der Waals surface area contributed by atoms with Crippen molar-refractivity contribution in [2.45, 2.75) is 68.3 Å². The van der Waals surface area contributed by atoms with E-state index in [9.17, 15) is 40.1 Å². The summed E-state index contributed by atoms with van der Waals surface area (Å²) in [5.41, 5.74) is -1.08. The first-order chi connectivity index (χ1) is 17.2. The Morgan fingerprint density at radius 3 is 2.22 bits per heavy atom. The van der Waals surface area contributed by atoms with E-state index in [1.807, 2.05) is 18.2 Å². The van der Waals surface area contributed by atoms with E-state index in [4.69, 9.17) is 14.2 Å². The fraction of sp³-hybridized carbons (Fsp3) is 0.667. The predicted octanol–water partition coefficient (Wildman–Crippen LogP) is 3.79. The minimum absolute atomic E-state index is 0.0746. The molecule has 0 amide bonds. The molecule has 0 saturated heterocycles. The molecule has 206 valence electrons. The van der Waals surface area contributed by atoms with Crippen LogP contribution in [0.25, 0.3) is 0 Å². The van der Waals surface area contributed by atoms with Gasteiger partial charge in [-0.2, -0.15) is 17.6 Å². The molecule has 37 heavy (non-hydrogen) atoms. The van der Waals surface area contributed by atoms with Crippen LogP contribution >= 0.6 is 0 Å². The molecule has 0 spiro atoms. The third kappa shape index (κ3) is 5.63. The van der Waals surface area contributed by atoms with Crippen molar-refractivity contribution in [1.29, 1.82) is 0 Å². The highest BCUT2D eigenvalue weighted by atomic mass is 32.2. The molecule has 4 aliphatic carbocycles. The van der Waals surface area contributed by atoms with E-state index >= 15 is 0 Å². The normalized spacial score (nSPS) is 29.2. The number of carbonyl (C=O) groups is 2. The van der Waals surface area contributed by atoms with Gasteiger partial charge in [-0.1, -0.05) is 30.3 Å². The van der Waals surface area contributed by atoms with E-state index in [2.05, 4.69) is 0 Å². The van der Waals surface area contributed by atoms with Gasteiger partial charge in [0.05, 0.1) is 24.0 Å². The number of hydrogen-bond donors (Lipinski definition) is 0. The van der Waals surface area contributed by atoms with Gasteiger partial charge in [-0.25, -0.2) is 13.2 Å². The number of ether oxygens (including phenoxy) is 3. The summed E-state index contributed by atoms with van der Waals surface area (Å²) < 4.78 is 102. The zero-order chi connectivity index (χ0) is 27.1. The minimum Gasteiger partial charge on any atom is -0.743 e. The first kappa shape index (κ1) is 27.8. The van der Waals surface area contributed by atoms with Crippen LogP contribution in [0.3, 0.4) is 0 Å². The average Bonchev–Trinajstić information content (AvgIpc) is 2.80. The van der Waals surface area contributed by atoms with Crippen LogP contribution in [0.1, 0.15) is 50.5 Å². The number of carbonyl (C=O) groups excluding carboxylic acids is 2. The Labute approximate surface area is 211 Å². The monoisotopic (exact) mass is 551 g/mol. The highest BCUT2D eigenvalue weighted by Crippen LogP contribution is 2.63. The van der Waals surface area contributed by atoms with Crippen LogP contribution in [0.5, 0.6) is 0 Å². The number of esters is 2. The van der Waals surface area contributed by atoms with Gasteiger partial charge < -0.3 is 18.8 Å². The van der Waals surface area contributed by atoms with Crippen molar-refractivity contribution < 1.29 is 54.3 Å². The van der Waals surface area contributed by atoms with Gasteiger partial charge in [0, 0.05) is 0 Å². The molecule has 0 N–H and O–H groups in total. The molecule has 2 atom stereocenters. The zero-order valence-electron chi connectivity index (χ0n) is 19.8. The van der Waals surface area contributed by atoms with Gasteiger partial charge >= 0.3 is 23.1 Å². The number of alkyl halides is 4. The molecule has 0 heterocycles. The second kappa shape index (κ2) is 9.81. The fourth-order valence-electron chi connectivity index (χ4n) is 6.33. The Bertz CT molecular complexity index is 1110. The molecular formula is C24H27F4O8S-. The molecule has 4 aliphatic rings. The lowest BCUT2D eigenvalue weighted by atomic mass is 9.48. The van der Waals surface area contributed by atoms with Crippen LogP contribution in [0, 0.1) is 17.3 Å². The van der Waals surface area contributed by atoms with Crippen LogP contribution in [0.2, 0.25) is 0 Å². The second-order valence-corrected chi connectivity index (χ2v) is 11.8. The first-order valence-corrected chi connectivity index (χ1v) is 13.3. The lowest BCUT2D eigenvalue weighted by Gasteiger charge is -2.60. The van der Waals surface area contributed by atoms with E-state index in [1.54, 1.807) is 12.1 Å². The maximum Gasteiger partial charge on any atom is 0.396 e. The lowest BCUT2D eigenvalue weighted by molar-refractivity contribution is -0.216. The largest absolute Gasteiger partial charge is 0.743 e. The Hall–Kier alpha value is -2.25. The van der Waals surface area contributed by atoms with Crippen molar-refractivity contribution in [2.24, 2.45) is 17.3 Å². The molecule has 4 saturated carbocycles. The van der Waals surface area contributed by atoms with Crippen LogP contribution < -0.4 is 0 Å². The molecular weight excluding hydrogens is 524 g/mol. The van der Waals surface area contributed by atoms with Crippen LogP contribution in [0.15, 0.2) is 30.3 Å². The van der Waals surface area contributed by atoms with Crippen molar-refractivity contribution in [2.75, 3.05) is 13.2 Å². The summed E-state index contributed by atoms with van der Waals surface area (Å²) >= 11 is 0. The van der Waals surface area contributed by atoms with E-state index in [1.165, 1.54) is 0 Å². The number of rotatable bonds is 11. The molecule has 0 aromatic heterocycles. The van der Waals surface area contributed by atoms with E-state index < -0.39 is 57.3 Å². The van der Waals surface area contributed by atoms with Crippen molar-refractivity contribution in [3.05, 3.63) is 35.9 Å². The third-order valence-electron chi connectivity index (χ3n) is 7.57. The van der Waals surface area contributed by atoms with Crippen molar-refractivity contribution >= 4 is 22.1 Å². The number of halogens is 4. The summed E-state index contributed by atoms with van der Waals surface area (Å²) in [5.74, 6) is -6.49. The second-order valence-electron chi connectivity index (χ2n) is 10.4. The molecule has 0 aliphatic heterocycles. The van der Waals surface area contributed by atoms with Crippen LogP contribution in [-0.4, -0.2) is 54.9 Å². The average molecular weight is 552 g/mol. The SMILES string of the molecule is O=C(COC12CC3CC(C1)CC(C(=O)OCCC(F)(F)C(F)(F)S(=O)(=O)[O-])(C3)C2)OCc1ccccc1. The maximum absolute atomic E-state index is 13.7. The Balaban J connectivity index is 1.35. The number of benzene rings is 1. The smallest absolute Gasteiger partial charge is 0.396 e. The highest BCUT2D eigenvalue weighted by Gasteiger charge is 2.63. The first-order valence-electron chi connectivity index (χ1n) is 11.9. The fourth-order valence-corrected chi connectivity index (χ4v) is 6.80. The molecule has 8 nitrogen and oxygen atoms in total. The molecule has 13 heteroatoms. The van der Waals surface area contributed by atoms with Crippen molar-refractivity contribution in [3.8, 4) is 0 Å². The zero-order valence-corrected chi connectivity index (χ0v) is 20.6. The summed E-state index contributed by atoms with van der Waals surface area (Å²) in [6.07, 6.45) is 1.22. The Morgan fingerprint density at radius 2 is 1.62 bits per heavy atom. The molecule has 4 fully saturated rings. The summed E-state index contributed by atoms with van der Waals surface area (Å²) in [6, 6.07) is 9.07. The van der Waals surface area contributed by atoms with Gasteiger partial charge in [-0.05, 0) is 55.9 Å². The molecule has 2 unspecified atom stereocenters. The number of hydrogen-bond acceptors (Lipinski definition) is 8. The summed E-state index contributed by atoms with van der Waals surface area (Å²) in [6.45, 7) is -1.44. The van der Waals surface area contributed by atoms with Gasteiger partial charge in [0.25, 0.3) is 0 Å². The van der Waals surface area contributed by atoms with Crippen LogP contribution in [-0.2, 0) is 40.5 Å². The van der Waals surface area contributed by atoms with Crippen molar-refractivity contribution in [1.82, 2.24) is 0 Å². The van der Waals surface area contributed by atoms with Gasteiger partial charge in [-0.15, -0.1) is 0 Å². The third-order valence-corrected chi connectivity index (χ3v) is 8.49. The van der Waals surface area contributed by atoms with Gasteiger partial charge in [0.2, 0.25) is 0 Å². The Morgan fingerprint density at radius 1 is 1.00 bits per heavy atom.